The van der Waals surface area contributed by atoms with Crippen molar-refractivity contribution in [3.05, 3.63) is 66.4 Å². The highest BCUT2D eigenvalue weighted by Gasteiger charge is 2.29. The van der Waals surface area contributed by atoms with Gasteiger partial charge in [-0.2, -0.15) is 10.2 Å². The molecule has 1 amide bonds. The summed E-state index contributed by atoms with van der Waals surface area (Å²) in [7, 11) is 3.48. The van der Waals surface area contributed by atoms with Crippen LogP contribution < -0.4 is 4.74 Å². The quantitative estimate of drug-likeness (QED) is 0.511. The number of likely N-dealkylation sites (tertiary alicyclic amines) is 1. The Morgan fingerprint density at radius 3 is 2.84 bits per heavy atom. The molecule has 0 spiro atoms. The highest BCUT2D eigenvalue weighted by molar-refractivity contribution is 5.92. The number of aryl methyl sites for hydroxylation is 1. The molecule has 0 radical (unpaired) electrons. The zero-order chi connectivity index (χ0) is 21.4. The van der Waals surface area contributed by atoms with Crippen LogP contribution in [0.5, 0.6) is 5.75 Å². The summed E-state index contributed by atoms with van der Waals surface area (Å²) in [6, 6.07) is 13.7. The Morgan fingerprint density at radius 2 is 2.03 bits per heavy atom. The van der Waals surface area contributed by atoms with E-state index in [9.17, 15) is 4.79 Å². The predicted octanol–water partition coefficient (Wildman–Crippen LogP) is 3.16. The first kappa shape index (κ1) is 19.3. The molecule has 0 bridgehead atoms. The third-order valence-electron chi connectivity index (χ3n) is 5.76. The van der Waals surface area contributed by atoms with Crippen molar-refractivity contribution in [3.8, 4) is 16.9 Å². The van der Waals surface area contributed by atoms with E-state index in [-0.39, 0.29) is 11.8 Å². The molecule has 0 N–H and O–H groups in total. The fraction of sp³-hybridized carbons (Fsp3) is 0.304. The molecule has 4 heterocycles. The van der Waals surface area contributed by atoms with Gasteiger partial charge in [-0.3, -0.25) is 9.48 Å². The van der Waals surface area contributed by atoms with E-state index in [0.29, 0.717) is 12.2 Å². The number of nitrogens with zero attached hydrogens (tertiary/aromatic N) is 6. The molecule has 1 aliphatic rings. The van der Waals surface area contributed by atoms with E-state index in [1.165, 1.54) is 0 Å². The molecular formula is C23H24N6O2. The normalized spacial score (nSPS) is 16.6. The van der Waals surface area contributed by atoms with Crippen LogP contribution in [0.4, 0.5) is 0 Å². The highest BCUT2D eigenvalue weighted by atomic mass is 16.5. The van der Waals surface area contributed by atoms with Crippen LogP contribution in [-0.2, 0) is 7.05 Å². The number of methoxy groups -OCH3 is 1. The summed E-state index contributed by atoms with van der Waals surface area (Å²) in [5.41, 5.74) is 3.38. The van der Waals surface area contributed by atoms with Gasteiger partial charge in [0.2, 0.25) is 0 Å². The molecule has 1 fully saturated rings. The summed E-state index contributed by atoms with van der Waals surface area (Å²) < 4.78 is 8.81. The Kier molecular flexibility index (Phi) is 4.89. The van der Waals surface area contributed by atoms with Gasteiger partial charge in [-0.25, -0.2) is 9.50 Å². The van der Waals surface area contributed by atoms with Gasteiger partial charge >= 0.3 is 0 Å². The molecule has 31 heavy (non-hydrogen) atoms. The predicted molar refractivity (Wildman–Crippen MR) is 116 cm³/mol. The summed E-state index contributed by atoms with van der Waals surface area (Å²) in [4.78, 5) is 19.4. The van der Waals surface area contributed by atoms with Gasteiger partial charge in [0.05, 0.1) is 7.11 Å². The first-order valence-corrected chi connectivity index (χ1v) is 10.4. The molecule has 1 aliphatic heterocycles. The van der Waals surface area contributed by atoms with Gasteiger partial charge in [0.25, 0.3) is 5.91 Å². The number of benzene rings is 1. The van der Waals surface area contributed by atoms with Crippen molar-refractivity contribution in [2.24, 2.45) is 7.05 Å². The van der Waals surface area contributed by atoms with Gasteiger partial charge in [-0.15, -0.1) is 0 Å². The average molecular weight is 416 g/mol. The van der Waals surface area contributed by atoms with Gasteiger partial charge in [-0.1, -0.05) is 12.1 Å². The number of carbonyl (C=O) groups excluding carboxylic acids is 1. The number of carbonyl (C=O) groups is 1. The van der Waals surface area contributed by atoms with Crippen LogP contribution in [0.2, 0.25) is 0 Å². The van der Waals surface area contributed by atoms with Crippen molar-refractivity contribution in [3.63, 3.8) is 0 Å². The van der Waals surface area contributed by atoms with Gasteiger partial charge in [-0.05, 0) is 48.7 Å². The lowest BCUT2D eigenvalue weighted by Crippen LogP contribution is -2.39. The maximum Gasteiger partial charge on any atom is 0.274 e. The number of amides is 1. The number of aromatic nitrogens is 5. The molecule has 5 rings (SSSR count). The fourth-order valence-electron chi connectivity index (χ4n) is 4.11. The number of piperidine rings is 1. The van der Waals surface area contributed by atoms with Crippen LogP contribution >= 0.6 is 0 Å². The molecule has 8 heteroatoms. The third-order valence-corrected chi connectivity index (χ3v) is 5.76. The zero-order valence-electron chi connectivity index (χ0n) is 17.6. The van der Waals surface area contributed by atoms with Crippen LogP contribution in [0.3, 0.4) is 0 Å². The smallest absolute Gasteiger partial charge is 0.274 e. The SMILES string of the molecule is COc1cccc(-c2ccc3nc(C4CCCN(C(=O)c5ccn(C)n5)C4)nn3c2)c1. The molecule has 0 aliphatic carbocycles. The summed E-state index contributed by atoms with van der Waals surface area (Å²) in [5, 5.41) is 9.00. The summed E-state index contributed by atoms with van der Waals surface area (Å²) >= 11 is 0. The van der Waals surface area contributed by atoms with E-state index in [1.54, 1.807) is 24.1 Å². The van der Waals surface area contributed by atoms with Crippen molar-refractivity contribution in [1.29, 1.82) is 0 Å². The van der Waals surface area contributed by atoms with Gasteiger partial charge in [0.1, 0.15) is 11.4 Å². The minimum absolute atomic E-state index is 0.0330. The van der Waals surface area contributed by atoms with Crippen LogP contribution in [0.1, 0.15) is 35.1 Å². The van der Waals surface area contributed by atoms with Crippen LogP contribution in [-0.4, -0.2) is 55.4 Å². The summed E-state index contributed by atoms with van der Waals surface area (Å²) in [6.07, 6.45) is 5.66. The van der Waals surface area contributed by atoms with Crippen molar-refractivity contribution < 1.29 is 9.53 Å². The number of fused-ring (bicyclic) bond motifs is 1. The van der Waals surface area contributed by atoms with Crippen molar-refractivity contribution in [1.82, 2.24) is 29.3 Å². The minimum Gasteiger partial charge on any atom is -0.497 e. The first-order chi connectivity index (χ1) is 15.1. The Hall–Kier alpha value is -3.68. The van der Waals surface area contributed by atoms with Crippen molar-refractivity contribution in [2.75, 3.05) is 20.2 Å². The zero-order valence-corrected chi connectivity index (χ0v) is 17.6. The molecular weight excluding hydrogens is 392 g/mol. The van der Waals surface area contributed by atoms with Gasteiger partial charge < -0.3 is 9.64 Å². The summed E-state index contributed by atoms with van der Waals surface area (Å²) in [5.74, 6) is 1.68. The van der Waals surface area contributed by atoms with Gasteiger partial charge in [0.15, 0.2) is 11.5 Å². The molecule has 1 atom stereocenters. The van der Waals surface area contributed by atoms with E-state index in [0.717, 1.165) is 47.7 Å². The van der Waals surface area contributed by atoms with Gasteiger partial charge in [0, 0.05) is 44.0 Å². The summed E-state index contributed by atoms with van der Waals surface area (Å²) in [6.45, 7) is 1.34. The average Bonchev–Trinajstić information content (AvgIpc) is 3.44. The van der Waals surface area contributed by atoms with Crippen molar-refractivity contribution >= 4 is 11.6 Å². The maximum absolute atomic E-state index is 12.8. The lowest BCUT2D eigenvalue weighted by molar-refractivity contribution is 0.0698. The topological polar surface area (TPSA) is 77.5 Å². The number of ether oxygens (including phenoxy) is 1. The van der Waals surface area contributed by atoms with E-state index >= 15 is 0 Å². The van der Waals surface area contributed by atoms with E-state index in [4.69, 9.17) is 14.8 Å². The Bertz CT molecular complexity index is 1240. The van der Waals surface area contributed by atoms with E-state index in [2.05, 4.69) is 5.10 Å². The Balaban J connectivity index is 1.39. The number of pyridine rings is 1. The molecule has 1 aromatic carbocycles. The number of hydrogen-bond acceptors (Lipinski definition) is 5. The molecule has 3 aromatic heterocycles. The minimum atomic E-state index is -0.0330. The molecule has 158 valence electrons. The Labute approximate surface area is 180 Å². The number of rotatable bonds is 4. The second-order valence-electron chi connectivity index (χ2n) is 7.89. The number of hydrogen-bond donors (Lipinski definition) is 0. The molecule has 8 nitrogen and oxygen atoms in total. The van der Waals surface area contributed by atoms with Crippen molar-refractivity contribution in [2.45, 2.75) is 18.8 Å². The van der Waals surface area contributed by atoms with E-state index < -0.39 is 0 Å². The second-order valence-corrected chi connectivity index (χ2v) is 7.89. The van der Waals surface area contributed by atoms with Crippen LogP contribution in [0, 0.1) is 0 Å². The fourth-order valence-corrected chi connectivity index (χ4v) is 4.11. The molecule has 1 saturated heterocycles. The first-order valence-electron chi connectivity index (χ1n) is 10.4. The van der Waals surface area contributed by atoms with Crippen LogP contribution in [0.15, 0.2) is 54.9 Å². The molecule has 1 unspecified atom stereocenters. The largest absolute Gasteiger partial charge is 0.497 e. The lowest BCUT2D eigenvalue weighted by Gasteiger charge is -2.30. The van der Waals surface area contributed by atoms with E-state index in [1.807, 2.05) is 59.1 Å². The Morgan fingerprint density at radius 1 is 1.13 bits per heavy atom. The highest BCUT2D eigenvalue weighted by Crippen LogP contribution is 2.28. The lowest BCUT2D eigenvalue weighted by atomic mass is 9.97. The van der Waals surface area contributed by atoms with Crippen LogP contribution in [0.25, 0.3) is 16.8 Å². The maximum atomic E-state index is 12.8. The molecule has 4 aromatic rings. The third kappa shape index (κ3) is 3.76. The molecule has 0 saturated carbocycles. The standard InChI is InChI=1S/C23H24N6O2/c1-27-12-10-20(25-27)23(30)28-11-4-6-18(14-28)22-24-21-9-8-17(15-29(21)26-22)16-5-3-7-19(13-16)31-2/h3,5,7-10,12-13,15,18H,4,6,11,14H2,1-2H3. The monoisotopic (exact) mass is 416 g/mol. The second kappa shape index (κ2) is 7.86.